The first-order valence-corrected chi connectivity index (χ1v) is 17.6. The molecule has 0 amide bonds. The summed E-state index contributed by atoms with van der Waals surface area (Å²) in [5, 5.41) is 20.5. The number of carboxylic acids is 1. The fraction of sp³-hybridized carbons (Fsp3) is 0.700. The number of carbonyl (C=O) groups excluding carboxylic acids is 1. The van der Waals surface area contributed by atoms with Gasteiger partial charge in [0.15, 0.2) is 11.5 Å². The summed E-state index contributed by atoms with van der Waals surface area (Å²) in [5.41, 5.74) is 1.80. The largest absolute Gasteiger partial charge is 0.504 e. The van der Waals surface area contributed by atoms with Crippen molar-refractivity contribution in [2.45, 2.75) is 119 Å². The molecule has 5 aliphatic rings. The molecule has 1 aromatic carbocycles. The highest BCUT2D eigenvalue weighted by atomic mass is 16.5. The molecule has 0 aliphatic heterocycles. The second-order valence-electron chi connectivity index (χ2n) is 17.7. The summed E-state index contributed by atoms with van der Waals surface area (Å²) in [6, 6.07) is 4.99. The number of rotatable bonds is 5. The Morgan fingerprint density at radius 3 is 2.33 bits per heavy atom. The van der Waals surface area contributed by atoms with Crippen LogP contribution in [0.1, 0.15) is 118 Å². The Kier molecular flexibility index (Phi) is 7.84. The normalized spacial score (nSPS) is 40.8. The van der Waals surface area contributed by atoms with Crippen LogP contribution in [-0.2, 0) is 14.3 Å². The third-order valence-corrected chi connectivity index (χ3v) is 14.9. The lowest BCUT2D eigenvalue weighted by molar-refractivity contribution is -0.212. The fourth-order valence-corrected chi connectivity index (χ4v) is 12.0. The van der Waals surface area contributed by atoms with Crippen LogP contribution in [0.15, 0.2) is 35.9 Å². The van der Waals surface area contributed by atoms with Gasteiger partial charge < -0.3 is 19.7 Å². The molecule has 46 heavy (non-hydrogen) atoms. The molecule has 0 heterocycles. The lowest BCUT2D eigenvalue weighted by Crippen LogP contribution is -2.65. The smallest absolute Gasteiger partial charge is 0.331 e. The number of ether oxygens (including phenoxy) is 2. The summed E-state index contributed by atoms with van der Waals surface area (Å²) >= 11 is 0. The van der Waals surface area contributed by atoms with E-state index in [1.54, 1.807) is 24.3 Å². The van der Waals surface area contributed by atoms with Crippen molar-refractivity contribution in [3.05, 3.63) is 41.5 Å². The number of fused-ring (bicyclic) bond motifs is 7. The van der Waals surface area contributed by atoms with Gasteiger partial charge >= 0.3 is 11.9 Å². The Labute approximate surface area is 276 Å². The highest BCUT2D eigenvalue weighted by molar-refractivity contribution is 5.87. The summed E-state index contributed by atoms with van der Waals surface area (Å²) in [6.07, 6.45) is 15.1. The van der Waals surface area contributed by atoms with Crippen molar-refractivity contribution in [1.82, 2.24) is 0 Å². The van der Waals surface area contributed by atoms with Gasteiger partial charge in [0.25, 0.3) is 0 Å². The zero-order chi connectivity index (χ0) is 33.5. The number of aromatic hydroxyl groups is 1. The maximum Gasteiger partial charge on any atom is 0.331 e. The van der Waals surface area contributed by atoms with Crippen LogP contribution >= 0.6 is 0 Å². The summed E-state index contributed by atoms with van der Waals surface area (Å²) < 4.78 is 11.4. The van der Waals surface area contributed by atoms with Gasteiger partial charge in [0.2, 0.25) is 0 Å². The summed E-state index contributed by atoms with van der Waals surface area (Å²) in [6.45, 7) is 16.8. The Balaban J connectivity index is 1.24. The van der Waals surface area contributed by atoms with Crippen molar-refractivity contribution >= 4 is 18.0 Å². The number of phenolic OH excluding ortho intramolecular Hbond substituents is 1. The average molecular weight is 633 g/mol. The standard InChI is InChI=1S/C40H56O6/c1-35(2)19-21-40(34(43)44)22-20-38(6)26(27(40)24-35)11-13-31-37(5)17-16-32(36(3,4)30(37)15-18-39(31,38)7)46-33(42)14-10-25-9-12-28(41)29(23-25)45-8/h9-12,14,23,27,30-32,41H,13,15-22,24H2,1-8H3,(H,43,44)/b14-10-/t27-,30-,31+,32-,37-,38+,39+,40-/m0/s1. The summed E-state index contributed by atoms with van der Waals surface area (Å²) in [7, 11) is 1.50. The topological polar surface area (TPSA) is 93.1 Å². The van der Waals surface area contributed by atoms with E-state index in [0.717, 1.165) is 69.8 Å². The zero-order valence-electron chi connectivity index (χ0n) is 29.4. The zero-order valence-corrected chi connectivity index (χ0v) is 29.4. The van der Waals surface area contributed by atoms with Gasteiger partial charge in [-0.05, 0) is 127 Å². The number of aliphatic carboxylic acids is 1. The molecule has 6 rings (SSSR count). The molecule has 0 bridgehead atoms. The molecule has 0 radical (unpaired) electrons. The predicted octanol–water partition coefficient (Wildman–Crippen LogP) is 9.21. The minimum atomic E-state index is -0.613. The van der Waals surface area contributed by atoms with Gasteiger partial charge in [-0.2, -0.15) is 0 Å². The van der Waals surface area contributed by atoms with E-state index in [1.807, 2.05) is 0 Å². The molecular weight excluding hydrogens is 576 g/mol. The Bertz CT molecular complexity index is 1470. The molecule has 252 valence electrons. The van der Waals surface area contributed by atoms with Crippen LogP contribution in [0.2, 0.25) is 0 Å². The highest BCUT2D eigenvalue weighted by Gasteiger charge is 2.69. The van der Waals surface area contributed by atoms with E-state index in [9.17, 15) is 19.8 Å². The van der Waals surface area contributed by atoms with E-state index in [-0.39, 0.29) is 50.8 Å². The van der Waals surface area contributed by atoms with E-state index in [1.165, 1.54) is 18.8 Å². The van der Waals surface area contributed by atoms with E-state index in [2.05, 4.69) is 54.5 Å². The lowest BCUT2D eigenvalue weighted by Gasteiger charge is -2.71. The van der Waals surface area contributed by atoms with Gasteiger partial charge in [0.05, 0.1) is 12.5 Å². The molecule has 6 nitrogen and oxygen atoms in total. The van der Waals surface area contributed by atoms with Crippen LogP contribution in [0.4, 0.5) is 0 Å². The van der Waals surface area contributed by atoms with Gasteiger partial charge in [-0.1, -0.05) is 66.2 Å². The number of esters is 1. The second-order valence-corrected chi connectivity index (χ2v) is 17.7. The third-order valence-electron chi connectivity index (χ3n) is 14.9. The quantitative estimate of drug-likeness (QED) is 0.191. The third kappa shape index (κ3) is 4.78. The molecular formula is C40H56O6. The number of phenols is 1. The molecule has 0 aromatic heterocycles. The molecule has 4 saturated carbocycles. The van der Waals surface area contributed by atoms with Gasteiger partial charge in [-0.3, -0.25) is 4.79 Å². The molecule has 2 N–H and O–H groups in total. The maximum absolute atomic E-state index is 13.1. The molecule has 6 heteroatoms. The molecule has 4 fully saturated rings. The van der Waals surface area contributed by atoms with E-state index in [0.29, 0.717) is 17.6 Å². The van der Waals surface area contributed by atoms with Crippen LogP contribution < -0.4 is 4.74 Å². The molecule has 0 unspecified atom stereocenters. The Morgan fingerprint density at radius 2 is 1.63 bits per heavy atom. The Hall–Kier alpha value is -2.76. The summed E-state index contributed by atoms with van der Waals surface area (Å²) in [5.74, 6) is 0.552. The number of methoxy groups -OCH3 is 1. The predicted molar refractivity (Wildman–Crippen MR) is 180 cm³/mol. The van der Waals surface area contributed by atoms with Crippen molar-refractivity contribution in [3.63, 3.8) is 0 Å². The number of hydrogen-bond donors (Lipinski definition) is 2. The monoisotopic (exact) mass is 632 g/mol. The number of carbonyl (C=O) groups is 2. The average Bonchev–Trinajstić information content (AvgIpc) is 2.98. The first-order valence-electron chi connectivity index (χ1n) is 17.6. The SMILES string of the molecule is COc1cc(/C=C\C(=O)O[C@H]2CC[C@]3(C)[C@H]4CC=C5[C@@H]6CC(C)(C)CC[C@]6(C(=O)O)CC[C@@]5(C)[C@]4(C)CC[C@H]3C2(C)C)ccc1O. The first kappa shape index (κ1) is 33.2. The molecule has 0 saturated heterocycles. The molecule has 8 atom stereocenters. The fourth-order valence-electron chi connectivity index (χ4n) is 12.0. The minimum absolute atomic E-state index is 0.00387. The van der Waals surface area contributed by atoms with Crippen LogP contribution in [0.25, 0.3) is 6.08 Å². The van der Waals surface area contributed by atoms with Gasteiger partial charge in [0.1, 0.15) is 6.10 Å². The summed E-state index contributed by atoms with van der Waals surface area (Å²) in [4.78, 5) is 26.1. The maximum atomic E-state index is 13.1. The molecule has 0 spiro atoms. The number of hydrogen-bond acceptors (Lipinski definition) is 5. The van der Waals surface area contributed by atoms with Gasteiger partial charge in [-0.25, -0.2) is 4.79 Å². The van der Waals surface area contributed by atoms with Crippen molar-refractivity contribution in [2.24, 2.45) is 50.2 Å². The van der Waals surface area contributed by atoms with Crippen LogP contribution in [0.3, 0.4) is 0 Å². The number of carboxylic acid groups (broad SMARTS) is 1. The van der Waals surface area contributed by atoms with Crippen LogP contribution in [-0.4, -0.2) is 35.4 Å². The van der Waals surface area contributed by atoms with Gasteiger partial charge in [-0.15, -0.1) is 0 Å². The first-order chi connectivity index (χ1) is 21.4. The second kappa shape index (κ2) is 10.9. The van der Waals surface area contributed by atoms with E-state index >= 15 is 0 Å². The number of benzene rings is 1. The van der Waals surface area contributed by atoms with Crippen molar-refractivity contribution < 1.29 is 29.3 Å². The number of allylic oxidation sites excluding steroid dienone is 2. The molecule has 1 aromatic rings. The van der Waals surface area contributed by atoms with Crippen molar-refractivity contribution in [1.29, 1.82) is 0 Å². The molecule has 5 aliphatic carbocycles. The van der Waals surface area contributed by atoms with Crippen molar-refractivity contribution in [3.8, 4) is 11.5 Å². The van der Waals surface area contributed by atoms with Crippen molar-refractivity contribution in [2.75, 3.05) is 7.11 Å². The minimum Gasteiger partial charge on any atom is -0.504 e. The van der Waals surface area contributed by atoms with Crippen LogP contribution in [0, 0.1) is 50.2 Å². The highest BCUT2D eigenvalue weighted by Crippen LogP contribution is 2.75. The lowest BCUT2D eigenvalue weighted by atomic mass is 9.33. The van der Waals surface area contributed by atoms with E-state index in [4.69, 9.17) is 9.47 Å². The Morgan fingerprint density at radius 1 is 0.913 bits per heavy atom. The van der Waals surface area contributed by atoms with Crippen LogP contribution in [0.5, 0.6) is 11.5 Å². The van der Waals surface area contributed by atoms with E-state index < -0.39 is 11.4 Å². The van der Waals surface area contributed by atoms with Gasteiger partial charge in [0, 0.05) is 11.5 Å².